The molecule has 6 nitrogen and oxygen atoms in total. The van der Waals surface area contributed by atoms with Crippen molar-refractivity contribution in [2.75, 3.05) is 7.11 Å². The first-order chi connectivity index (χ1) is 14.7. The van der Waals surface area contributed by atoms with Crippen LogP contribution >= 0.6 is 0 Å². The molecule has 2 aromatic heterocycles. The SMILES string of the molecule is COc1ccc2[nH]c(O)c(C=c3ccc4c(c3)N=NC=4/C=C/c3ccncc3)c2c1. The summed E-state index contributed by atoms with van der Waals surface area (Å²) in [6, 6.07) is 15.5. The number of fused-ring (bicyclic) bond motifs is 2. The zero-order valence-electron chi connectivity index (χ0n) is 16.2. The zero-order chi connectivity index (χ0) is 20.5. The van der Waals surface area contributed by atoms with E-state index >= 15 is 0 Å². The van der Waals surface area contributed by atoms with E-state index in [1.54, 1.807) is 19.5 Å². The maximum atomic E-state index is 10.4. The van der Waals surface area contributed by atoms with Gasteiger partial charge in [0.15, 0.2) is 5.88 Å². The van der Waals surface area contributed by atoms with E-state index in [1.165, 1.54) is 0 Å². The summed E-state index contributed by atoms with van der Waals surface area (Å²) in [4.78, 5) is 7.02. The van der Waals surface area contributed by atoms with Crippen LogP contribution in [0.25, 0.3) is 28.8 Å². The maximum absolute atomic E-state index is 10.4. The number of hydrogen-bond acceptors (Lipinski definition) is 5. The van der Waals surface area contributed by atoms with Gasteiger partial charge in [-0.3, -0.25) is 4.98 Å². The minimum Gasteiger partial charge on any atom is -0.497 e. The van der Waals surface area contributed by atoms with E-state index in [0.29, 0.717) is 5.56 Å². The number of aromatic nitrogens is 2. The summed E-state index contributed by atoms with van der Waals surface area (Å²) in [6.07, 6.45) is 9.38. The summed E-state index contributed by atoms with van der Waals surface area (Å²) in [5.74, 6) is 0.854. The number of nitrogens with zero attached hydrogens (tertiary/aromatic N) is 3. The molecule has 0 spiro atoms. The van der Waals surface area contributed by atoms with Crippen molar-refractivity contribution < 1.29 is 9.84 Å². The van der Waals surface area contributed by atoms with Crippen LogP contribution < -0.4 is 15.2 Å². The lowest BCUT2D eigenvalue weighted by Crippen LogP contribution is -2.08. The molecule has 0 radical (unpaired) electrons. The Morgan fingerprint density at radius 2 is 1.83 bits per heavy atom. The molecule has 30 heavy (non-hydrogen) atoms. The highest BCUT2D eigenvalue weighted by Gasteiger charge is 2.10. The van der Waals surface area contributed by atoms with Gasteiger partial charge in [0.2, 0.25) is 0 Å². The molecule has 5 rings (SSSR count). The number of H-pyrrole nitrogens is 1. The summed E-state index contributed by atoms with van der Waals surface area (Å²) in [6.45, 7) is 0. The Morgan fingerprint density at radius 1 is 0.967 bits per heavy atom. The molecule has 0 amide bonds. The zero-order valence-corrected chi connectivity index (χ0v) is 16.2. The van der Waals surface area contributed by atoms with Gasteiger partial charge >= 0.3 is 0 Å². The quantitative estimate of drug-likeness (QED) is 0.548. The van der Waals surface area contributed by atoms with Gasteiger partial charge in [-0.05, 0) is 65.4 Å². The van der Waals surface area contributed by atoms with Crippen LogP contribution in [0.1, 0.15) is 11.1 Å². The Morgan fingerprint density at radius 3 is 2.67 bits per heavy atom. The van der Waals surface area contributed by atoms with Crippen LogP contribution in [-0.4, -0.2) is 22.2 Å². The predicted molar refractivity (Wildman–Crippen MR) is 117 cm³/mol. The monoisotopic (exact) mass is 394 g/mol. The molecule has 4 aromatic rings. The summed E-state index contributed by atoms with van der Waals surface area (Å²) < 4.78 is 5.31. The Labute approximate surface area is 172 Å². The third-order valence-electron chi connectivity index (χ3n) is 5.04. The number of nitrogens with one attached hydrogen (secondary N) is 1. The average Bonchev–Trinajstić information content (AvgIpc) is 3.32. The number of aromatic amines is 1. The van der Waals surface area contributed by atoms with Gasteiger partial charge in [0.05, 0.1) is 18.5 Å². The molecule has 0 saturated carbocycles. The highest BCUT2D eigenvalue weighted by atomic mass is 16.5. The van der Waals surface area contributed by atoms with E-state index in [-0.39, 0.29) is 5.88 Å². The molecule has 2 aromatic carbocycles. The van der Waals surface area contributed by atoms with E-state index < -0.39 is 0 Å². The molecule has 146 valence electrons. The van der Waals surface area contributed by atoms with E-state index in [2.05, 4.69) is 20.2 Å². The molecule has 0 saturated heterocycles. The molecule has 6 heteroatoms. The molecule has 0 fully saturated rings. The number of rotatable bonds is 4. The van der Waals surface area contributed by atoms with Gasteiger partial charge in [-0.2, -0.15) is 0 Å². The molecular weight excluding hydrogens is 376 g/mol. The van der Waals surface area contributed by atoms with Crippen molar-refractivity contribution in [3.63, 3.8) is 0 Å². The van der Waals surface area contributed by atoms with Crippen molar-refractivity contribution in [1.29, 1.82) is 0 Å². The number of hydrogen-bond donors (Lipinski definition) is 2. The smallest absolute Gasteiger partial charge is 0.196 e. The highest BCUT2D eigenvalue weighted by molar-refractivity contribution is 5.92. The second kappa shape index (κ2) is 7.33. The molecule has 0 unspecified atom stereocenters. The van der Waals surface area contributed by atoms with Crippen LogP contribution in [0, 0.1) is 0 Å². The molecule has 2 N–H and O–H groups in total. The fourth-order valence-electron chi connectivity index (χ4n) is 3.49. The van der Waals surface area contributed by atoms with Gasteiger partial charge < -0.3 is 14.8 Å². The summed E-state index contributed by atoms with van der Waals surface area (Å²) >= 11 is 0. The summed E-state index contributed by atoms with van der Waals surface area (Å²) in [5.41, 5.74) is 4.22. The van der Waals surface area contributed by atoms with Crippen molar-refractivity contribution in [3.05, 3.63) is 88.6 Å². The van der Waals surface area contributed by atoms with E-state index in [0.717, 1.165) is 44.0 Å². The van der Waals surface area contributed by atoms with Crippen LogP contribution in [0.2, 0.25) is 0 Å². The van der Waals surface area contributed by atoms with E-state index in [4.69, 9.17) is 4.74 Å². The number of methoxy groups -OCH3 is 1. The van der Waals surface area contributed by atoms with Gasteiger partial charge in [0, 0.05) is 34.1 Å². The van der Waals surface area contributed by atoms with Crippen molar-refractivity contribution in [2.24, 2.45) is 10.2 Å². The lowest BCUT2D eigenvalue weighted by atomic mass is 10.1. The summed E-state index contributed by atoms with van der Waals surface area (Å²) in [5, 5.41) is 21.8. The Hall–Kier alpha value is -4.19. The molecule has 0 aliphatic carbocycles. The van der Waals surface area contributed by atoms with E-state index in [9.17, 15) is 5.11 Å². The standard InChI is InChI=1S/C24H18N4O2/c1-30-17-4-7-21-19(14-17)20(24(29)26-21)12-16-2-5-18-22(27-28-23(18)13-16)6-3-15-8-10-25-11-9-15/h2-14,26,29H,1H3/b6-3+,16-12?. The van der Waals surface area contributed by atoms with Crippen molar-refractivity contribution in [2.45, 2.75) is 0 Å². The number of ether oxygens (including phenoxy) is 1. The van der Waals surface area contributed by atoms with Crippen molar-refractivity contribution >= 4 is 34.4 Å². The lowest BCUT2D eigenvalue weighted by molar-refractivity contribution is 0.415. The normalized spacial score (nSPS) is 13.5. The molecule has 1 aliphatic heterocycles. The molecular formula is C24H18N4O2. The first-order valence-corrected chi connectivity index (χ1v) is 9.46. The van der Waals surface area contributed by atoms with Gasteiger partial charge in [0.1, 0.15) is 5.75 Å². The molecule has 3 heterocycles. The molecule has 0 bridgehead atoms. The minimum atomic E-state index is 0.118. The molecule has 1 aliphatic rings. The highest BCUT2D eigenvalue weighted by Crippen LogP contribution is 2.30. The molecule has 0 atom stereocenters. The van der Waals surface area contributed by atoms with Gasteiger partial charge in [0.25, 0.3) is 0 Å². The number of benzene rings is 2. The second-order valence-electron chi connectivity index (χ2n) is 6.92. The first-order valence-electron chi connectivity index (χ1n) is 9.46. The number of azo groups is 1. The van der Waals surface area contributed by atoms with Crippen LogP contribution in [-0.2, 0) is 0 Å². The third-order valence-corrected chi connectivity index (χ3v) is 5.04. The fourth-order valence-corrected chi connectivity index (χ4v) is 3.49. The largest absolute Gasteiger partial charge is 0.497 e. The van der Waals surface area contributed by atoms with Crippen molar-refractivity contribution in [1.82, 2.24) is 9.97 Å². The summed E-state index contributed by atoms with van der Waals surface area (Å²) in [7, 11) is 1.62. The van der Waals surface area contributed by atoms with Gasteiger partial charge in [-0.1, -0.05) is 12.1 Å². The van der Waals surface area contributed by atoms with Crippen molar-refractivity contribution in [3.8, 4) is 11.6 Å². The lowest BCUT2D eigenvalue weighted by Gasteiger charge is -1.99. The van der Waals surface area contributed by atoms with E-state index in [1.807, 2.05) is 66.8 Å². The van der Waals surface area contributed by atoms with Gasteiger partial charge in [-0.15, -0.1) is 10.2 Å². The second-order valence-corrected chi connectivity index (χ2v) is 6.92. The van der Waals surface area contributed by atoms with Crippen LogP contribution in [0.15, 0.2) is 77.2 Å². The predicted octanol–water partition coefficient (Wildman–Crippen LogP) is 4.02. The maximum Gasteiger partial charge on any atom is 0.196 e. The first kappa shape index (κ1) is 17.9. The third kappa shape index (κ3) is 3.24. The number of aromatic hydroxyl groups is 1. The topological polar surface area (TPSA) is 82.9 Å². The minimum absolute atomic E-state index is 0.118. The fraction of sp³-hybridized carbons (Fsp3) is 0.0417. The Balaban J connectivity index is 1.56. The van der Waals surface area contributed by atoms with Crippen LogP contribution in [0.4, 0.5) is 5.69 Å². The average molecular weight is 394 g/mol. The number of pyridine rings is 1. The van der Waals surface area contributed by atoms with Crippen LogP contribution in [0.5, 0.6) is 11.6 Å². The van der Waals surface area contributed by atoms with Gasteiger partial charge in [-0.25, -0.2) is 0 Å². The Bertz CT molecular complexity index is 1430. The van der Waals surface area contributed by atoms with Crippen LogP contribution in [0.3, 0.4) is 0 Å². The Kier molecular flexibility index (Phi) is 4.37.